The van der Waals surface area contributed by atoms with Crippen molar-refractivity contribution in [2.75, 3.05) is 5.73 Å². The summed E-state index contributed by atoms with van der Waals surface area (Å²) < 4.78 is 43.6. The maximum absolute atomic E-state index is 13.3. The van der Waals surface area contributed by atoms with Gasteiger partial charge in [0, 0.05) is 0 Å². The molecule has 0 aliphatic heterocycles. The van der Waals surface area contributed by atoms with Crippen molar-refractivity contribution in [3.63, 3.8) is 0 Å². The maximum Gasteiger partial charge on any atom is 0.341 e. The normalized spacial score (nSPS) is 10.6. The highest BCUT2D eigenvalue weighted by molar-refractivity contribution is 5.91. The van der Waals surface area contributed by atoms with Gasteiger partial charge in [-0.25, -0.2) is 18.0 Å². The molecule has 88 valence electrons. The first-order chi connectivity index (χ1) is 7.34. The van der Waals surface area contributed by atoms with Gasteiger partial charge >= 0.3 is 5.97 Å². The summed E-state index contributed by atoms with van der Waals surface area (Å²) in [5.41, 5.74) is 3.21. The van der Waals surface area contributed by atoms with E-state index >= 15 is 0 Å². The Balaban J connectivity index is 3.20. The third-order valence-electron chi connectivity index (χ3n) is 1.75. The molecule has 0 saturated carbocycles. The fraction of sp³-hybridized carbons (Fsp3) is 0.300. The van der Waals surface area contributed by atoms with Crippen molar-refractivity contribution < 1.29 is 22.7 Å². The highest BCUT2D eigenvalue weighted by Gasteiger charge is 2.22. The van der Waals surface area contributed by atoms with E-state index in [1.807, 2.05) is 0 Å². The second-order valence-electron chi connectivity index (χ2n) is 3.40. The van der Waals surface area contributed by atoms with Crippen molar-refractivity contribution in [1.82, 2.24) is 0 Å². The van der Waals surface area contributed by atoms with E-state index < -0.39 is 40.8 Å². The number of benzene rings is 1. The molecule has 1 aromatic rings. The van der Waals surface area contributed by atoms with Gasteiger partial charge in [0.2, 0.25) is 0 Å². The predicted octanol–water partition coefficient (Wildman–Crippen LogP) is 2.25. The van der Waals surface area contributed by atoms with Crippen LogP contribution in [0.2, 0.25) is 0 Å². The van der Waals surface area contributed by atoms with Crippen molar-refractivity contribution >= 4 is 11.7 Å². The second kappa shape index (κ2) is 4.42. The first-order valence-electron chi connectivity index (χ1n) is 4.48. The molecule has 1 aromatic carbocycles. The molecule has 0 aromatic heterocycles. The van der Waals surface area contributed by atoms with Crippen LogP contribution in [-0.2, 0) is 4.74 Å². The third kappa shape index (κ3) is 2.26. The molecule has 0 saturated heterocycles. The summed E-state index contributed by atoms with van der Waals surface area (Å²) in [6.45, 7) is 3.08. The second-order valence-corrected chi connectivity index (χ2v) is 3.40. The van der Waals surface area contributed by atoms with Crippen LogP contribution in [0.5, 0.6) is 0 Å². The summed E-state index contributed by atoms with van der Waals surface area (Å²) in [5, 5.41) is 0. The smallest absolute Gasteiger partial charge is 0.341 e. The van der Waals surface area contributed by atoms with E-state index in [0.29, 0.717) is 6.07 Å². The summed E-state index contributed by atoms with van der Waals surface area (Å²) in [5.74, 6) is -5.31. The Morgan fingerprint density at radius 3 is 2.38 bits per heavy atom. The molecule has 0 atom stereocenters. The number of ether oxygens (including phenoxy) is 1. The Morgan fingerprint density at radius 1 is 1.31 bits per heavy atom. The van der Waals surface area contributed by atoms with Gasteiger partial charge < -0.3 is 10.5 Å². The zero-order valence-electron chi connectivity index (χ0n) is 8.68. The van der Waals surface area contributed by atoms with Crippen molar-refractivity contribution in [3.8, 4) is 0 Å². The lowest BCUT2D eigenvalue weighted by Gasteiger charge is -2.10. The van der Waals surface area contributed by atoms with Gasteiger partial charge in [-0.3, -0.25) is 0 Å². The molecular weight excluding hydrogens is 223 g/mol. The van der Waals surface area contributed by atoms with Crippen LogP contribution in [0.25, 0.3) is 0 Å². The minimum Gasteiger partial charge on any atom is -0.459 e. The number of anilines is 1. The molecule has 0 radical (unpaired) electrons. The van der Waals surface area contributed by atoms with Gasteiger partial charge in [0.05, 0.1) is 6.10 Å². The van der Waals surface area contributed by atoms with E-state index in [0.717, 1.165) is 0 Å². The average Bonchev–Trinajstić information content (AvgIpc) is 2.19. The standard InChI is InChI=1S/C10H10F3NO2/c1-4(2)16-10(15)5-3-6(11)8(13)9(14)7(5)12/h3-4H,14H2,1-2H3. The molecule has 0 aliphatic rings. The van der Waals surface area contributed by atoms with Gasteiger partial charge in [-0.1, -0.05) is 0 Å². The number of nitrogen functional groups attached to an aromatic ring is 1. The van der Waals surface area contributed by atoms with Gasteiger partial charge in [0.25, 0.3) is 0 Å². The molecule has 3 nitrogen and oxygen atoms in total. The molecule has 1 rings (SSSR count). The lowest BCUT2D eigenvalue weighted by Crippen LogP contribution is -2.15. The minimum atomic E-state index is -1.52. The van der Waals surface area contributed by atoms with Crippen molar-refractivity contribution in [2.24, 2.45) is 0 Å². The van der Waals surface area contributed by atoms with Gasteiger partial charge in [-0.15, -0.1) is 0 Å². The van der Waals surface area contributed by atoms with Crippen LogP contribution >= 0.6 is 0 Å². The number of carbonyl (C=O) groups is 1. The Labute approximate surface area is 90.0 Å². The highest BCUT2D eigenvalue weighted by atomic mass is 19.2. The topological polar surface area (TPSA) is 52.3 Å². The number of nitrogens with two attached hydrogens (primary N) is 1. The van der Waals surface area contributed by atoms with Gasteiger partial charge in [0.1, 0.15) is 11.3 Å². The molecule has 6 heteroatoms. The van der Waals surface area contributed by atoms with Crippen molar-refractivity contribution in [1.29, 1.82) is 0 Å². The first kappa shape index (κ1) is 12.4. The molecule has 16 heavy (non-hydrogen) atoms. The third-order valence-corrected chi connectivity index (χ3v) is 1.75. The van der Waals surface area contributed by atoms with E-state index in [-0.39, 0.29) is 0 Å². The van der Waals surface area contributed by atoms with E-state index in [1.54, 1.807) is 13.8 Å². The molecule has 0 amide bonds. The SMILES string of the molecule is CC(C)OC(=O)c1cc(F)c(F)c(N)c1F. The summed E-state index contributed by atoms with van der Waals surface area (Å²) >= 11 is 0. The van der Waals surface area contributed by atoms with Gasteiger partial charge in [-0.05, 0) is 19.9 Å². The van der Waals surface area contributed by atoms with Crippen LogP contribution in [0.3, 0.4) is 0 Å². The summed E-state index contributed by atoms with van der Waals surface area (Å²) in [6.07, 6.45) is -0.499. The lowest BCUT2D eigenvalue weighted by atomic mass is 10.1. The number of hydrogen-bond donors (Lipinski definition) is 1. The molecule has 0 spiro atoms. The van der Waals surface area contributed by atoms with Crippen LogP contribution in [0.1, 0.15) is 24.2 Å². The molecule has 0 fully saturated rings. The number of rotatable bonds is 2. The molecular formula is C10H10F3NO2. The quantitative estimate of drug-likeness (QED) is 0.484. The largest absolute Gasteiger partial charge is 0.459 e. The Bertz CT molecular complexity index is 433. The van der Waals surface area contributed by atoms with E-state index in [1.165, 1.54) is 0 Å². The van der Waals surface area contributed by atoms with Crippen LogP contribution in [0, 0.1) is 17.5 Å². The summed E-state index contributed by atoms with van der Waals surface area (Å²) in [6, 6.07) is 0.422. The van der Waals surface area contributed by atoms with Crippen LogP contribution in [0.4, 0.5) is 18.9 Å². The lowest BCUT2D eigenvalue weighted by molar-refractivity contribution is 0.0372. The fourth-order valence-electron chi connectivity index (χ4n) is 1.05. The Kier molecular flexibility index (Phi) is 3.41. The van der Waals surface area contributed by atoms with Crippen molar-refractivity contribution in [3.05, 3.63) is 29.1 Å². The minimum absolute atomic E-state index is 0.422. The van der Waals surface area contributed by atoms with Crippen LogP contribution in [-0.4, -0.2) is 12.1 Å². The van der Waals surface area contributed by atoms with Gasteiger partial charge in [-0.2, -0.15) is 0 Å². The number of carbonyl (C=O) groups excluding carboxylic acids is 1. The number of halogens is 3. The van der Waals surface area contributed by atoms with Crippen molar-refractivity contribution in [2.45, 2.75) is 20.0 Å². The summed E-state index contributed by atoms with van der Waals surface area (Å²) in [4.78, 5) is 11.3. The monoisotopic (exact) mass is 233 g/mol. The zero-order valence-corrected chi connectivity index (χ0v) is 8.68. The molecule has 0 aliphatic carbocycles. The average molecular weight is 233 g/mol. The molecule has 0 bridgehead atoms. The van der Waals surface area contributed by atoms with Crippen LogP contribution < -0.4 is 5.73 Å². The zero-order chi connectivity index (χ0) is 12.5. The maximum atomic E-state index is 13.3. The van der Waals surface area contributed by atoms with Crippen LogP contribution in [0.15, 0.2) is 6.07 Å². The first-order valence-corrected chi connectivity index (χ1v) is 4.48. The number of esters is 1. The molecule has 0 heterocycles. The van der Waals surface area contributed by atoms with E-state index in [2.05, 4.69) is 4.74 Å². The number of hydrogen-bond acceptors (Lipinski definition) is 3. The fourth-order valence-corrected chi connectivity index (χ4v) is 1.05. The Morgan fingerprint density at radius 2 is 1.88 bits per heavy atom. The summed E-state index contributed by atoms with van der Waals surface area (Å²) in [7, 11) is 0. The Hall–Kier alpha value is -1.72. The molecule has 0 unspecified atom stereocenters. The predicted molar refractivity (Wildman–Crippen MR) is 51.3 cm³/mol. The highest BCUT2D eigenvalue weighted by Crippen LogP contribution is 2.22. The molecule has 2 N–H and O–H groups in total. The van der Waals surface area contributed by atoms with E-state index in [9.17, 15) is 18.0 Å². The van der Waals surface area contributed by atoms with E-state index in [4.69, 9.17) is 5.73 Å². The van der Waals surface area contributed by atoms with Gasteiger partial charge in [0.15, 0.2) is 17.5 Å².